The fourth-order valence-corrected chi connectivity index (χ4v) is 1.82. The molecule has 0 bridgehead atoms. The van der Waals surface area contributed by atoms with Crippen molar-refractivity contribution in [2.24, 2.45) is 0 Å². The summed E-state index contributed by atoms with van der Waals surface area (Å²) in [6.07, 6.45) is 0.519. The van der Waals surface area contributed by atoms with Crippen molar-refractivity contribution in [3.8, 4) is 0 Å². The molecule has 2 atom stereocenters. The maximum atomic E-state index is 11.8. The highest BCUT2D eigenvalue weighted by Gasteiger charge is 2.11. The molecule has 0 saturated carbocycles. The van der Waals surface area contributed by atoms with E-state index in [2.05, 4.69) is 10.6 Å². The third kappa shape index (κ3) is 5.00. The van der Waals surface area contributed by atoms with Gasteiger partial charge in [-0.15, -0.1) is 0 Å². The summed E-state index contributed by atoms with van der Waals surface area (Å²) in [6.45, 7) is 6.96. The first-order valence-corrected chi connectivity index (χ1v) is 6.21. The Bertz CT molecular complexity index is 337. The predicted octanol–water partition coefficient (Wildman–Crippen LogP) is 2.25. The third-order valence-electron chi connectivity index (χ3n) is 2.72. The van der Waals surface area contributed by atoms with Gasteiger partial charge in [0, 0.05) is 12.5 Å². The van der Waals surface area contributed by atoms with E-state index < -0.39 is 0 Å². The summed E-state index contributed by atoms with van der Waals surface area (Å²) in [5.41, 5.74) is 1.14. The molecule has 17 heavy (non-hydrogen) atoms. The molecule has 0 heterocycles. The van der Waals surface area contributed by atoms with Crippen LogP contribution in [0, 0.1) is 0 Å². The molecule has 94 valence electrons. The van der Waals surface area contributed by atoms with E-state index in [-0.39, 0.29) is 18.0 Å². The highest BCUT2D eigenvalue weighted by atomic mass is 16.1. The van der Waals surface area contributed by atoms with Gasteiger partial charge >= 0.3 is 0 Å². The first-order chi connectivity index (χ1) is 8.13. The molecule has 2 unspecified atom stereocenters. The Morgan fingerprint density at radius 3 is 2.47 bits per heavy atom. The smallest absolute Gasteiger partial charge is 0.222 e. The van der Waals surface area contributed by atoms with Gasteiger partial charge in [0.25, 0.3) is 0 Å². The van der Waals surface area contributed by atoms with Gasteiger partial charge < -0.3 is 10.6 Å². The lowest BCUT2D eigenvalue weighted by Gasteiger charge is -2.17. The number of rotatable bonds is 6. The Hall–Kier alpha value is -1.35. The molecule has 1 rings (SSSR count). The van der Waals surface area contributed by atoms with Gasteiger partial charge in [-0.05, 0) is 26.0 Å². The molecular weight excluding hydrogens is 212 g/mol. The van der Waals surface area contributed by atoms with Crippen molar-refractivity contribution in [2.75, 3.05) is 6.54 Å². The number of carbonyl (C=O) groups is 1. The Balaban J connectivity index is 2.41. The summed E-state index contributed by atoms with van der Waals surface area (Å²) in [6, 6.07) is 10.3. The second-order valence-electron chi connectivity index (χ2n) is 4.36. The fourth-order valence-electron chi connectivity index (χ4n) is 1.82. The van der Waals surface area contributed by atoms with E-state index in [4.69, 9.17) is 0 Å². The van der Waals surface area contributed by atoms with Crippen LogP contribution >= 0.6 is 0 Å². The maximum Gasteiger partial charge on any atom is 0.222 e. The number of carbonyl (C=O) groups excluding carboxylic acids is 1. The zero-order valence-electron chi connectivity index (χ0n) is 10.9. The minimum atomic E-state index is 0.0672. The minimum absolute atomic E-state index is 0.0672. The lowest BCUT2D eigenvalue weighted by molar-refractivity contribution is -0.122. The summed E-state index contributed by atoms with van der Waals surface area (Å²) in [5, 5.41) is 6.24. The van der Waals surface area contributed by atoms with Crippen LogP contribution in [0.4, 0.5) is 0 Å². The van der Waals surface area contributed by atoms with Crippen molar-refractivity contribution in [3.63, 3.8) is 0 Å². The molecular formula is C14H22N2O. The van der Waals surface area contributed by atoms with Crippen LogP contribution in [0.5, 0.6) is 0 Å². The van der Waals surface area contributed by atoms with Crippen LogP contribution in [0.15, 0.2) is 30.3 Å². The lowest BCUT2D eigenvalue weighted by atomic mass is 10.1. The molecule has 3 heteroatoms. The SMILES string of the molecule is CCNC(C)CC(=O)NC(C)c1ccccc1. The number of amides is 1. The lowest BCUT2D eigenvalue weighted by Crippen LogP contribution is -2.34. The van der Waals surface area contributed by atoms with E-state index in [0.29, 0.717) is 6.42 Å². The summed E-state index contributed by atoms with van der Waals surface area (Å²) in [4.78, 5) is 11.8. The molecule has 0 fully saturated rings. The molecule has 1 aromatic rings. The average molecular weight is 234 g/mol. The van der Waals surface area contributed by atoms with Gasteiger partial charge in [-0.1, -0.05) is 37.3 Å². The topological polar surface area (TPSA) is 41.1 Å². The van der Waals surface area contributed by atoms with E-state index in [9.17, 15) is 4.79 Å². The fraction of sp³-hybridized carbons (Fsp3) is 0.500. The summed E-state index contributed by atoms with van der Waals surface area (Å²) >= 11 is 0. The van der Waals surface area contributed by atoms with Gasteiger partial charge in [-0.25, -0.2) is 0 Å². The van der Waals surface area contributed by atoms with Gasteiger partial charge in [0.2, 0.25) is 5.91 Å². The maximum absolute atomic E-state index is 11.8. The molecule has 0 aliphatic heterocycles. The van der Waals surface area contributed by atoms with E-state index in [1.807, 2.05) is 51.1 Å². The molecule has 1 aromatic carbocycles. The van der Waals surface area contributed by atoms with Crippen LogP contribution in [0.25, 0.3) is 0 Å². The Kier molecular flexibility index (Phi) is 5.70. The van der Waals surface area contributed by atoms with Crippen LogP contribution in [0.1, 0.15) is 38.8 Å². The van der Waals surface area contributed by atoms with Crippen molar-refractivity contribution in [2.45, 2.75) is 39.3 Å². The molecule has 0 radical (unpaired) electrons. The average Bonchev–Trinajstić information content (AvgIpc) is 2.30. The third-order valence-corrected chi connectivity index (χ3v) is 2.72. The summed E-state index contributed by atoms with van der Waals surface area (Å²) < 4.78 is 0. The predicted molar refractivity (Wildman–Crippen MR) is 70.8 cm³/mol. The zero-order valence-corrected chi connectivity index (χ0v) is 10.9. The number of hydrogen-bond acceptors (Lipinski definition) is 2. The van der Waals surface area contributed by atoms with Gasteiger partial charge in [0.15, 0.2) is 0 Å². The van der Waals surface area contributed by atoms with Gasteiger partial charge in [0.05, 0.1) is 6.04 Å². The minimum Gasteiger partial charge on any atom is -0.350 e. The highest BCUT2D eigenvalue weighted by Crippen LogP contribution is 2.11. The first-order valence-electron chi connectivity index (χ1n) is 6.21. The van der Waals surface area contributed by atoms with Crippen molar-refractivity contribution in [3.05, 3.63) is 35.9 Å². The van der Waals surface area contributed by atoms with Crippen LogP contribution < -0.4 is 10.6 Å². The van der Waals surface area contributed by atoms with Gasteiger partial charge in [-0.2, -0.15) is 0 Å². The van der Waals surface area contributed by atoms with Gasteiger partial charge in [-0.3, -0.25) is 4.79 Å². The van der Waals surface area contributed by atoms with E-state index >= 15 is 0 Å². The Morgan fingerprint density at radius 1 is 1.24 bits per heavy atom. The number of hydrogen-bond donors (Lipinski definition) is 2. The van der Waals surface area contributed by atoms with Gasteiger partial charge in [0.1, 0.15) is 0 Å². The quantitative estimate of drug-likeness (QED) is 0.792. The summed E-state index contributed by atoms with van der Waals surface area (Å²) in [7, 11) is 0. The zero-order chi connectivity index (χ0) is 12.7. The molecule has 1 amide bonds. The van der Waals surface area contributed by atoms with E-state index in [1.165, 1.54) is 0 Å². The number of nitrogens with one attached hydrogen (secondary N) is 2. The van der Waals surface area contributed by atoms with Crippen LogP contribution in [-0.2, 0) is 4.79 Å². The van der Waals surface area contributed by atoms with Crippen LogP contribution in [0.2, 0.25) is 0 Å². The van der Waals surface area contributed by atoms with Crippen molar-refractivity contribution >= 4 is 5.91 Å². The second kappa shape index (κ2) is 7.07. The van der Waals surface area contributed by atoms with Crippen molar-refractivity contribution in [1.82, 2.24) is 10.6 Å². The molecule has 0 aromatic heterocycles. The second-order valence-corrected chi connectivity index (χ2v) is 4.36. The normalized spacial score (nSPS) is 14.1. The van der Waals surface area contributed by atoms with E-state index in [0.717, 1.165) is 12.1 Å². The van der Waals surface area contributed by atoms with Crippen molar-refractivity contribution in [1.29, 1.82) is 0 Å². The molecule has 2 N–H and O–H groups in total. The molecule has 3 nitrogen and oxygen atoms in total. The Labute approximate surface area is 104 Å². The van der Waals surface area contributed by atoms with Crippen LogP contribution in [-0.4, -0.2) is 18.5 Å². The molecule has 0 spiro atoms. The highest BCUT2D eigenvalue weighted by molar-refractivity contribution is 5.77. The first kappa shape index (κ1) is 13.7. The van der Waals surface area contributed by atoms with E-state index in [1.54, 1.807) is 0 Å². The Morgan fingerprint density at radius 2 is 1.88 bits per heavy atom. The largest absolute Gasteiger partial charge is 0.350 e. The molecule has 0 aliphatic rings. The monoisotopic (exact) mass is 234 g/mol. The van der Waals surface area contributed by atoms with Crippen molar-refractivity contribution < 1.29 is 4.79 Å². The molecule has 0 saturated heterocycles. The summed E-state index contributed by atoms with van der Waals surface area (Å²) in [5.74, 6) is 0.0924. The molecule has 0 aliphatic carbocycles. The number of benzene rings is 1. The standard InChI is InChI=1S/C14H22N2O/c1-4-15-11(2)10-14(17)16-12(3)13-8-6-5-7-9-13/h5-9,11-12,15H,4,10H2,1-3H3,(H,16,17). The van der Waals surface area contributed by atoms with Crippen LogP contribution in [0.3, 0.4) is 0 Å².